The monoisotopic (exact) mass is 490 g/mol. The van der Waals surface area contributed by atoms with E-state index in [1.165, 1.54) is 24.3 Å². The van der Waals surface area contributed by atoms with Crippen molar-refractivity contribution in [2.45, 2.75) is 44.2 Å². The fraction of sp³-hybridized carbons (Fsp3) is 0.385. The van der Waals surface area contributed by atoms with Crippen molar-refractivity contribution in [3.8, 4) is 17.2 Å². The number of benzene rings is 2. The number of carbonyl (C=O) groups is 1. The molecule has 0 spiro atoms. The number of hydrogen-bond acceptors (Lipinski definition) is 5. The van der Waals surface area contributed by atoms with Crippen molar-refractivity contribution in [3.63, 3.8) is 0 Å². The average molecular weight is 490 g/mol. The first-order valence-electron chi connectivity index (χ1n) is 11.4. The van der Waals surface area contributed by atoms with E-state index >= 15 is 0 Å². The van der Waals surface area contributed by atoms with Crippen LogP contribution in [-0.4, -0.2) is 46.2 Å². The highest BCUT2D eigenvalue weighted by Gasteiger charge is 2.52. The van der Waals surface area contributed by atoms with Gasteiger partial charge >= 0.3 is 17.8 Å². The van der Waals surface area contributed by atoms with Gasteiger partial charge in [-0.2, -0.15) is 13.2 Å². The molecule has 0 saturated heterocycles. The van der Waals surface area contributed by atoms with E-state index in [2.05, 4.69) is 0 Å². The third-order valence-electron chi connectivity index (χ3n) is 6.53. The van der Waals surface area contributed by atoms with Gasteiger partial charge < -0.3 is 19.7 Å². The largest absolute Gasteiger partial charge is 0.508 e. The second kappa shape index (κ2) is 10.0. The summed E-state index contributed by atoms with van der Waals surface area (Å²) >= 11 is 0. The molecule has 4 rings (SSSR count). The van der Waals surface area contributed by atoms with Crippen LogP contribution in [0, 0.1) is 5.92 Å². The van der Waals surface area contributed by atoms with E-state index in [9.17, 15) is 28.2 Å². The van der Waals surface area contributed by atoms with Gasteiger partial charge in [-0.1, -0.05) is 12.1 Å². The zero-order valence-corrected chi connectivity index (χ0v) is 19.2. The molecule has 0 bridgehead atoms. The van der Waals surface area contributed by atoms with E-state index < -0.39 is 11.9 Å². The predicted molar refractivity (Wildman–Crippen MR) is 122 cm³/mol. The molecular weight excluding hydrogens is 463 g/mol. The van der Waals surface area contributed by atoms with Crippen molar-refractivity contribution in [3.05, 3.63) is 60.0 Å². The zero-order valence-electron chi connectivity index (χ0n) is 19.2. The minimum Gasteiger partial charge on any atom is -0.508 e. The van der Waals surface area contributed by atoms with E-state index in [1.807, 2.05) is 0 Å². The number of rotatable bonds is 8. The van der Waals surface area contributed by atoms with Crippen LogP contribution in [0.5, 0.6) is 17.2 Å². The maximum absolute atomic E-state index is 13.3. The van der Waals surface area contributed by atoms with Gasteiger partial charge in [-0.3, -0.25) is 4.79 Å². The molecule has 2 N–H and O–H groups in total. The van der Waals surface area contributed by atoms with E-state index in [-0.39, 0.29) is 53.7 Å². The summed E-state index contributed by atoms with van der Waals surface area (Å²) in [6.45, 7) is -0.346. The number of alkyl halides is 3. The lowest BCUT2D eigenvalue weighted by atomic mass is 9.77. The molecule has 0 aromatic heterocycles. The number of ketones is 1. The Hall–Kier alpha value is -3.49. The number of ether oxygens (including phenoxy) is 2. The molecule has 6 nitrogen and oxygen atoms in total. The molecule has 35 heavy (non-hydrogen) atoms. The number of methoxy groups -OCH3 is 1. The zero-order chi connectivity index (χ0) is 25.2. The van der Waals surface area contributed by atoms with Gasteiger partial charge in [-0.05, 0) is 61.8 Å². The summed E-state index contributed by atoms with van der Waals surface area (Å²) in [5.74, 6) is 0.650. The Balaban J connectivity index is 1.32. The Kier molecular flexibility index (Phi) is 7.05. The van der Waals surface area contributed by atoms with Gasteiger partial charge in [0.05, 0.1) is 7.11 Å². The second-order valence-corrected chi connectivity index (χ2v) is 8.87. The molecule has 9 heteroatoms. The predicted octanol–water partition coefficient (Wildman–Crippen LogP) is 5.56. The minimum absolute atomic E-state index is 0.0644. The molecule has 0 atom stereocenters. The van der Waals surface area contributed by atoms with Crippen molar-refractivity contribution in [1.82, 2.24) is 0 Å². The summed E-state index contributed by atoms with van der Waals surface area (Å²) in [5, 5.41) is 19.8. The Morgan fingerprint density at radius 1 is 1.09 bits per heavy atom. The van der Waals surface area contributed by atoms with Gasteiger partial charge in [0.1, 0.15) is 17.6 Å². The maximum Gasteiger partial charge on any atom is 0.478 e. The lowest BCUT2D eigenvalue weighted by Crippen LogP contribution is -2.38. The average Bonchev–Trinajstić information content (AvgIpc) is 2.79. The molecule has 186 valence electrons. The van der Waals surface area contributed by atoms with Crippen LogP contribution in [0.4, 0.5) is 18.9 Å². The Morgan fingerprint density at radius 2 is 1.80 bits per heavy atom. The molecule has 2 aromatic rings. The fourth-order valence-electron chi connectivity index (χ4n) is 4.77. The van der Waals surface area contributed by atoms with E-state index in [4.69, 9.17) is 9.47 Å². The molecule has 0 amide bonds. The molecular formula is C26H27F3NO5+. The van der Waals surface area contributed by atoms with Gasteiger partial charge in [0.25, 0.3) is 5.69 Å². The van der Waals surface area contributed by atoms with Gasteiger partial charge in [0, 0.05) is 18.1 Å². The van der Waals surface area contributed by atoms with Crippen molar-refractivity contribution >= 4 is 17.2 Å². The first-order valence-corrected chi connectivity index (χ1v) is 11.4. The second-order valence-electron chi connectivity index (χ2n) is 8.87. The highest BCUT2D eigenvalue weighted by molar-refractivity contribution is 5.99. The first-order chi connectivity index (χ1) is 16.7. The maximum atomic E-state index is 13.3. The summed E-state index contributed by atoms with van der Waals surface area (Å²) in [4.78, 5) is 12.5. The third kappa shape index (κ3) is 5.44. The summed E-state index contributed by atoms with van der Waals surface area (Å²) in [6, 6.07) is 10.7. The van der Waals surface area contributed by atoms with Crippen molar-refractivity contribution in [1.29, 1.82) is 0 Å². The van der Waals surface area contributed by atoms with Crippen LogP contribution in [0.3, 0.4) is 0 Å². The van der Waals surface area contributed by atoms with Gasteiger partial charge in [-0.15, -0.1) is 4.58 Å². The van der Waals surface area contributed by atoms with Crippen molar-refractivity contribution in [2.75, 3.05) is 13.7 Å². The van der Waals surface area contributed by atoms with Crippen LogP contribution in [0.2, 0.25) is 0 Å². The SMILES string of the molecule is COc1ccc(O)cc1C1CCC(CC(=O)COC2=CC(C(F)(F)F)=[N+]2c2ccccc2O)CC1. The summed E-state index contributed by atoms with van der Waals surface area (Å²) in [5.41, 5.74) is -0.0777. The number of halogens is 3. The number of carbonyl (C=O) groups excluding carboxylic acids is 1. The van der Waals surface area contributed by atoms with E-state index in [1.54, 1.807) is 25.3 Å². The summed E-state index contributed by atoms with van der Waals surface area (Å²) in [7, 11) is 1.59. The fourth-order valence-corrected chi connectivity index (χ4v) is 4.77. The molecule has 2 aliphatic rings. The van der Waals surface area contributed by atoms with Crippen molar-refractivity contribution < 1.29 is 42.2 Å². The number of nitrogens with zero attached hydrogens (tertiary/aromatic N) is 1. The molecule has 2 aromatic carbocycles. The van der Waals surface area contributed by atoms with Gasteiger partial charge in [0.15, 0.2) is 18.1 Å². The molecule has 1 aliphatic carbocycles. The van der Waals surface area contributed by atoms with Crippen LogP contribution < -0.4 is 4.74 Å². The van der Waals surface area contributed by atoms with Crippen LogP contribution in [0.15, 0.2) is 54.4 Å². The smallest absolute Gasteiger partial charge is 0.478 e. The number of aromatic hydroxyl groups is 2. The number of para-hydroxylation sites is 2. The summed E-state index contributed by atoms with van der Waals surface area (Å²) in [6.07, 6.45) is -0.210. The van der Waals surface area contributed by atoms with Crippen LogP contribution in [0.25, 0.3) is 0 Å². The lowest BCUT2D eigenvalue weighted by molar-refractivity contribution is -0.448. The lowest BCUT2D eigenvalue weighted by Gasteiger charge is -2.29. The first kappa shape index (κ1) is 24.6. The normalized spacial score (nSPS) is 20.2. The van der Waals surface area contributed by atoms with Crippen LogP contribution in [0.1, 0.15) is 43.6 Å². The standard InChI is InChI=1S/C26H26F3NO5/c1-34-23-11-10-18(31)13-20(23)17-8-6-16(7-9-17)12-19(32)15-35-25-14-24(26(27,28)29)30(25)21-4-2-3-5-22(21)33/h2-5,10-11,13-14,16-17H,6-9,12,15H2,1H3,(H-,31,33)/p+1. The number of phenolic OH excluding ortho intramolecular Hbond substituents is 2. The quantitative estimate of drug-likeness (QED) is 0.474. The molecule has 1 fully saturated rings. The molecule has 1 aliphatic heterocycles. The number of allylic oxidation sites excluding steroid dienone is 1. The number of hydrogen-bond donors (Lipinski definition) is 2. The molecule has 0 unspecified atom stereocenters. The molecule has 1 saturated carbocycles. The van der Waals surface area contributed by atoms with E-state index in [0.29, 0.717) is 0 Å². The third-order valence-corrected chi connectivity index (χ3v) is 6.53. The molecule has 0 radical (unpaired) electrons. The highest BCUT2D eigenvalue weighted by Crippen LogP contribution is 2.42. The van der Waals surface area contributed by atoms with E-state index in [0.717, 1.165) is 47.6 Å². The highest BCUT2D eigenvalue weighted by atomic mass is 19.4. The van der Waals surface area contributed by atoms with Crippen LogP contribution >= 0.6 is 0 Å². The van der Waals surface area contributed by atoms with Crippen molar-refractivity contribution in [2.24, 2.45) is 5.92 Å². The Labute approximate surface area is 200 Å². The molecule has 1 heterocycles. The Morgan fingerprint density at radius 3 is 2.46 bits per heavy atom. The number of phenols is 2. The summed E-state index contributed by atoms with van der Waals surface area (Å²) < 4.78 is 51.6. The van der Waals surface area contributed by atoms with Gasteiger partial charge in [-0.25, -0.2) is 0 Å². The van der Waals surface area contributed by atoms with Gasteiger partial charge in [0.2, 0.25) is 0 Å². The topological polar surface area (TPSA) is 79.0 Å². The number of Topliss-reactive ketones (excluding diaryl/α,β-unsaturated/α-hetero) is 1. The van der Waals surface area contributed by atoms with Crippen LogP contribution in [-0.2, 0) is 9.53 Å². The Bertz CT molecular complexity index is 1160. The minimum atomic E-state index is -4.63.